The van der Waals surface area contributed by atoms with Crippen molar-refractivity contribution in [1.29, 1.82) is 0 Å². The van der Waals surface area contributed by atoms with Crippen molar-refractivity contribution >= 4 is 11.6 Å². The zero-order chi connectivity index (χ0) is 13.0. The maximum absolute atomic E-state index is 12.4. The van der Waals surface area contributed by atoms with Gasteiger partial charge in [-0.25, -0.2) is 0 Å². The highest BCUT2D eigenvalue weighted by atomic mass is 16.2. The van der Waals surface area contributed by atoms with Crippen LogP contribution in [0.15, 0.2) is 24.3 Å². The lowest BCUT2D eigenvalue weighted by atomic mass is 10.0. The van der Waals surface area contributed by atoms with E-state index in [9.17, 15) is 4.79 Å². The summed E-state index contributed by atoms with van der Waals surface area (Å²) in [6, 6.07) is 8.27. The minimum absolute atomic E-state index is 0.274. The Morgan fingerprint density at radius 1 is 1.16 bits per heavy atom. The van der Waals surface area contributed by atoms with Gasteiger partial charge in [-0.1, -0.05) is 19.1 Å². The Kier molecular flexibility index (Phi) is 2.48. The number of anilines is 1. The fourth-order valence-corrected chi connectivity index (χ4v) is 4.72. The van der Waals surface area contributed by atoms with Crippen LogP contribution in [0.2, 0.25) is 0 Å². The normalized spacial score (nSPS) is 38.1. The van der Waals surface area contributed by atoms with E-state index in [4.69, 9.17) is 0 Å². The summed E-state index contributed by atoms with van der Waals surface area (Å²) in [6.07, 6.45) is 5.20. The molecule has 2 nitrogen and oxygen atoms in total. The number of benzene rings is 1. The van der Waals surface area contributed by atoms with Gasteiger partial charge >= 0.3 is 0 Å². The molecule has 1 N–H and O–H groups in total. The van der Waals surface area contributed by atoms with E-state index in [2.05, 4.69) is 24.4 Å². The van der Waals surface area contributed by atoms with E-state index in [1.807, 2.05) is 12.1 Å². The number of hydrogen-bond acceptors (Lipinski definition) is 1. The van der Waals surface area contributed by atoms with E-state index in [0.717, 1.165) is 35.8 Å². The second-order valence-corrected chi connectivity index (χ2v) is 6.55. The van der Waals surface area contributed by atoms with Crippen LogP contribution >= 0.6 is 0 Å². The molecule has 3 fully saturated rings. The van der Waals surface area contributed by atoms with Gasteiger partial charge in [0.2, 0.25) is 5.91 Å². The SMILES string of the molecule is CCc1ccc(NC(=O)C2[C@@H]3[C@H]4CC[C@@H](C4)[C@H]23)cc1. The molecule has 3 saturated carbocycles. The third-order valence-corrected chi connectivity index (χ3v) is 5.67. The van der Waals surface area contributed by atoms with Gasteiger partial charge in [-0.15, -0.1) is 0 Å². The minimum Gasteiger partial charge on any atom is -0.326 e. The molecule has 3 aliphatic rings. The quantitative estimate of drug-likeness (QED) is 0.880. The van der Waals surface area contributed by atoms with Crippen LogP contribution < -0.4 is 5.32 Å². The Balaban J connectivity index is 1.42. The van der Waals surface area contributed by atoms with Crippen LogP contribution in [0, 0.1) is 29.6 Å². The van der Waals surface area contributed by atoms with E-state index in [0.29, 0.717) is 5.92 Å². The third kappa shape index (κ3) is 1.73. The van der Waals surface area contributed by atoms with Gasteiger partial charge in [0, 0.05) is 11.6 Å². The summed E-state index contributed by atoms with van der Waals surface area (Å²) in [6.45, 7) is 2.15. The Labute approximate surface area is 114 Å². The molecule has 0 spiro atoms. The van der Waals surface area contributed by atoms with Crippen molar-refractivity contribution in [3.63, 3.8) is 0 Å². The first kappa shape index (κ1) is 11.5. The number of aryl methyl sites for hydroxylation is 1. The Morgan fingerprint density at radius 3 is 2.37 bits per heavy atom. The average Bonchev–Trinajstić information content (AvgIpc) is 2.89. The predicted octanol–water partition coefficient (Wildman–Crippen LogP) is 3.48. The number of amides is 1. The highest BCUT2D eigenvalue weighted by Gasteiger charge is 2.67. The highest BCUT2D eigenvalue weighted by molar-refractivity contribution is 5.95. The van der Waals surface area contributed by atoms with Crippen molar-refractivity contribution in [2.75, 3.05) is 5.32 Å². The van der Waals surface area contributed by atoms with Gasteiger partial charge in [-0.2, -0.15) is 0 Å². The summed E-state index contributed by atoms with van der Waals surface area (Å²) in [5.74, 6) is 3.80. The van der Waals surface area contributed by atoms with E-state index < -0.39 is 0 Å². The van der Waals surface area contributed by atoms with Crippen LogP contribution in [0.5, 0.6) is 0 Å². The molecule has 0 radical (unpaired) electrons. The molecule has 2 heteroatoms. The second kappa shape index (κ2) is 4.09. The summed E-state index contributed by atoms with van der Waals surface area (Å²) in [5, 5.41) is 3.11. The molecule has 1 aromatic carbocycles. The topological polar surface area (TPSA) is 29.1 Å². The van der Waals surface area contributed by atoms with Gasteiger partial charge in [-0.3, -0.25) is 4.79 Å². The fraction of sp³-hybridized carbons (Fsp3) is 0.588. The van der Waals surface area contributed by atoms with Crippen LogP contribution in [0.3, 0.4) is 0 Å². The molecular weight excluding hydrogens is 234 g/mol. The van der Waals surface area contributed by atoms with Gasteiger partial charge in [0.05, 0.1) is 0 Å². The molecule has 1 amide bonds. The van der Waals surface area contributed by atoms with E-state index in [-0.39, 0.29) is 5.91 Å². The zero-order valence-corrected chi connectivity index (χ0v) is 11.4. The standard InChI is InChI=1S/C17H21NO/c1-2-10-3-7-13(8-4-10)18-17(19)16-14-11-5-6-12(9-11)15(14)16/h3-4,7-8,11-12,14-16H,2,5-6,9H2,1H3,(H,18,19)/t11-,12-,14-,15+,16?/m0/s1. The fourth-order valence-electron chi connectivity index (χ4n) is 4.72. The molecule has 0 aromatic heterocycles. The Hall–Kier alpha value is -1.31. The molecule has 1 unspecified atom stereocenters. The minimum atomic E-state index is 0.274. The molecule has 2 bridgehead atoms. The maximum atomic E-state index is 12.4. The number of nitrogens with one attached hydrogen (secondary N) is 1. The van der Waals surface area contributed by atoms with E-state index >= 15 is 0 Å². The van der Waals surface area contributed by atoms with Crippen molar-refractivity contribution in [3.05, 3.63) is 29.8 Å². The van der Waals surface area contributed by atoms with Crippen molar-refractivity contribution in [2.24, 2.45) is 29.6 Å². The average molecular weight is 255 g/mol. The van der Waals surface area contributed by atoms with Crippen LogP contribution in [-0.2, 0) is 11.2 Å². The number of hydrogen-bond donors (Lipinski definition) is 1. The first-order valence-electron chi connectivity index (χ1n) is 7.67. The number of carbonyl (C=O) groups excluding carboxylic acids is 1. The van der Waals surface area contributed by atoms with Gasteiger partial charge < -0.3 is 5.32 Å². The first-order chi connectivity index (χ1) is 9.28. The summed E-state index contributed by atoms with van der Waals surface area (Å²) in [7, 11) is 0. The van der Waals surface area contributed by atoms with E-state index in [1.54, 1.807) is 0 Å². The lowest BCUT2D eigenvalue weighted by Crippen LogP contribution is -2.18. The Morgan fingerprint density at radius 2 is 1.79 bits per heavy atom. The zero-order valence-electron chi connectivity index (χ0n) is 11.4. The third-order valence-electron chi connectivity index (χ3n) is 5.67. The van der Waals surface area contributed by atoms with Crippen LogP contribution in [-0.4, -0.2) is 5.91 Å². The first-order valence-corrected chi connectivity index (χ1v) is 7.67. The largest absolute Gasteiger partial charge is 0.326 e. The van der Waals surface area contributed by atoms with Crippen LogP contribution in [0.25, 0.3) is 0 Å². The number of fused-ring (bicyclic) bond motifs is 5. The molecule has 5 atom stereocenters. The van der Waals surface area contributed by atoms with Crippen LogP contribution in [0.4, 0.5) is 5.69 Å². The monoisotopic (exact) mass is 255 g/mol. The molecule has 0 saturated heterocycles. The lowest BCUT2D eigenvalue weighted by Gasteiger charge is -2.10. The van der Waals surface area contributed by atoms with Crippen LogP contribution in [0.1, 0.15) is 31.7 Å². The summed E-state index contributed by atoms with van der Waals surface area (Å²) in [5.41, 5.74) is 2.28. The molecule has 4 rings (SSSR count). The van der Waals surface area contributed by atoms with Gasteiger partial charge in [0.15, 0.2) is 0 Å². The molecule has 3 aliphatic carbocycles. The number of carbonyl (C=O) groups is 1. The lowest BCUT2D eigenvalue weighted by molar-refractivity contribution is -0.118. The second-order valence-electron chi connectivity index (χ2n) is 6.55. The summed E-state index contributed by atoms with van der Waals surface area (Å²) in [4.78, 5) is 12.4. The molecule has 1 aromatic rings. The molecule has 19 heavy (non-hydrogen) atoms. The van der Waals surface area contributed by atoms with Gasteiger partial charge in [0.25, 0.3) is 0 Å². The Bertz CT molecular complexity index is 490. The van der Waals surface area contributed by atoms with Crippen molar-refractivity contribution in [3.8, 4) is 0 Å². The molecule has 100 valence electrons. The van der Waals surface area contributed by atoms with Crippen molar-refractivity contribution in [2.45, 2.75) is 32.6 Å². The summed E-state index contributed by atoms with van der Waals surface area (Å²) >= 11 is 0. The van der Waals surface area contributed by atoms with Gasteiger partial charge in [0.1, 0.15) is 0 Å². The highest BCUT2D eigenvalue weighted by Crippen LogP contribution is 2.69. The number of rotatable bonds is 3. The molecule has 0 aliphatic heterocycles. The van der Waals surface area contributed by atoms with Gasteiger partial charge in [-0.05, 0) is 67.1 Å². The van der Waals surface area contributed by atoms with Crippen molar-refractivity contribution < 1.29 is 4.79 Å². The predicted molar refractivity (Wildman–Crippen MR) is 75.8 cm³/mol. The smallest absolute Gasteiger partial charge is 0.228 e. The molecule has 0 heterocycles. The maximum Gasteiger partial charge on any atom is 0.228 e. The van der Waals surface area contributed by atoms with Crippen molar-refractivity contribution in [1.82, 2.24) is 0 Å². The summed E-state index contributed by atoms with van der Waals surface area (Å²) < 4.78 is 0. The molecular formula is C17H21NO. The van der Waals surface area contributed by atoms with E-state index in [1.165, 1.54) is 24.8 Å².